The highest BCUT2D eigenvalue weighted by Gasteiger charge is 2.07. The van der Waals surface area contributed by atoms with Gasteiger partial charge in [-0.05, 0) is 6.07 Å². The van der Waals surface area contributed by atoms with E-state index in [1.54, 1.807) is 6.20 Å². The van der Waals surface area contributed by atoms with Gasteiger partial charge in [0.15, 0.2) is 0 Å². The summed E-state index contributed by atoms with van der Waals surface area (Å²) in [4.78, 5) is 9.22. The predicted octanol–water partition coefficient (Wildman–Crippen LogP) is 4.50. The first kappa shape index (κ1) is 13.5. The number of hydrogen-bond acceptors (Lipinski definition) is 2. The number of imidazole rings is 1. The van der Waals surface area contributed by atoms with Gasteiger partial charge >= 0.3 is 0 Å². The molecule has 4 aromatic rings. The Kier molecular flexibility index (Phi) is 3.45. The van der Waals surface area contributed by atoms with E-state index in [1.807, 2.05) is 65.3 Å². The van der Waals surface area contributed by atoms with Crippen molar-refractivity contribution in [1.82, 2.24) is 9.38 Å². The van der Waals surface area contributed by atoms with Crippen LogP contribution in [0, 0.1) is 0 Å². The molecule has 23 heavy (non-hydrogen) atoms. The predicted molar refractivity (Wildman–Crippen MR) is 93.4 cm³/mol. The van der Waals surface area contributed by atoms with E-state index in [4.69, 9.17) is 4.99 Å². The second kappa shape index (κ2) is 5.89. The van der Waals surface area contributed by atoms with E-state index in [1.165, 1.54) is 0 Å². The van der Waals surface area contributed by atoms with Gasteiger partial charge in [-0.2, -0.15) is 0 Å². The molecule has 0 N–H and O–H groups in total. The second-order valence-corrected chi connectivity index (χ2v) is 5.27. The maximum Gasteiger partial charge on any atom is 0.138 e. The first-order chi connectivity index (χ1) is 11.4. The highest BCUT2D eigenvalue weighted by molar-refractivity contribution is 6.13. The normalized spacial score (nSPS) is 10.6. The summed E-state index contributed by atoms with van der Waals surface area (Å²) in [5.74, 6) is 0. The molecule has 4 rings (SSSR count). The van der Waals surface area contributed by atoms with Gasteiger partial charge < -0.3 is 4.40 Å². The van der Waals surface area contributed by atoms with Crippen LogP contribution in [0.5, 0.6) is 0 Å². The Hall–Kier alpha value is -3.20. The van der Waals surface area contributed by atoms with E-state index < -0.39 is 0 Å². The van der Waals surface area contributed by atoms with Crippen molar-refractivity contribution in [2.24, 2.45) is 4.99 Å². The SMILES string of the molecule is c1ccc(C(=Nc2ccn3ccnc3c2)c2ccccc2)cc1. The molecule has 0 saturated carbocycles. The van der Waals surface area contributed by atoms with Crippen LogP contribution in [0.1, 0.15) is 11.1 Å². The standard InChI is InChI=1S/C20H15N3/c1-3-7-16(8-4-1)20(17-9-5-2-6-10-17)22-18-11-13-23-14-12-21-19(23)15-18/h1-15H. The second-order valence-electron chi connectivity index (χ2n) is 5.27. The Labute approximate surface area is 134 Å². The number of fused-ring (bicyclic) bond motifs is 1. The van der Waals surface area contributed by atoms with Gasteiger partial charge in [-0.25, -0.2) is 9.98 Å². The molecule has 3 nitrogen and oxygen atoms in total. The molecular formula is C20H15N3. The summed E-state index contributed by atoms with van der Waals surface area (Å²) in [6.07, 6.45) is 5.70. The molecule has 0 unspecified atom stereocenters. The number of rotatable bonds is 3. The Bertz CT molecular complexity index is 912. The minimum Gasteiger partial charge on any atom is -0.307 e. The van der Waals surface area contributed by atoms with Gasteiger partial charge in [-0.15, -0.1) is 0 Å². The van der Waals surface area contributed by atoms with E-state index in [0.717, 1.165) is 28.2 Å². The van der Waals surface area contributed by atoms with Crippen molar-refractivity contribution in [3.05, 3.63) is 103 Å². The van der Waals surface area contributed by atoms with Gasteiger partial charge in [-0.3, -0.25) is 0 Å². The molecule has 0 saturated heterocycles. The molecule has 2 aromatic heterocycles. The molecule has 0 amide bonds. The third kappa shape index (κ3) is 2.77. The number of pyridine rings is 1. The molecule has 2 heterocycles. The molecule has 0 radical (unpaired) electrons. The Morgan fingerprint density at radius 3 is 2.09 bits per heavy atom. The van der Waals surface area contributed by atoms with E-state index in [2.05, 4.69) is 29.2 Å². The van der Waals surface area contributed by atoms with E-state index in [0.29, 0.717) is 0 Å². The van der Waals surface area contributed by atoms with Crippen LogP contribution < -0.4 is 0 Å². The first-order valence-corrected chi connectivity index (χ1v) is 7.52. The minimum atomic E-state index is 0.895. The number of nitrogens with zero attached hydrogens (tertiary/aromatic N) is 3. The molecule has 0 aliphatic rings. The van der Waals surface area contributed by atoms with Gasteiger partial charge in [0.2, 0.25) is 0 Å². The van der Waals surface area contributed by atoms with Crippen molar-refractivity contribution in [2.45, 2.75) is 0 Å². The van der Waals surface area contributed by atoms with E-state index >= 15 is 0 Å². The smallest absolute Gasteiger partial charge is 0.138 e. The number of aliphatic imine (C=N–C) groups is 1. The van der Waals surface area contributed by atoms with Gasteiger partial charge in [0.1, 0.15) is 5.65 Å². The molecule has 0 spiro atoms. The largest absolute Gasteiger partial charge is 0.307 e. The summed E-state index contributed by atoms with van der Waals surface area (Å²) >= 11 is 0. The lowest BCUT2D eigenvalue weighted by Gasteiger charge is -2.08. The van der Waals surface area contributed by atoms with Crippen LogP contribution in [0.2, 0.25) is 0 Å². The molecular weight excluding hydrogens is 282 g/mol. The van der Waals surface area contributed by atoms with Crippen LogP contribution in [0.4, 0.5) is 5.69 Å². The van der Waals surface area contributed by atoms with Gasteiger partial charge in [-0.1, -0.05) is 60.7 Å². The van der Waals surface area contributed by atoms with Crippen molar-refractivity contribution in [3.8, 4) is 0 Å². The minimum absolute atomic E-state index is 0.895. The van der Waals surface area contributed by atoms with Crippen LogP contribution in [0.25, 0.3) is 5.65 Å². The zero-order valence-electron chi connectivity index (χ0n) is 12.5. The van der Waals surface area contributed by atoms with E-state index in [9.17, 15) is 0 Å². The summed E-state index contributed by atoms with van der Waals surface area (Å²) in [5, 5.41) is 0. The maximum absolute atomic E-state index is 4.89. The number of hydrogen-bond donors (Lipinski definition) is 0. The summed E-state index contributed by atoms with van der Waals surface area (Å²) in [6.45, 7) is 0. The third-order valence-electron chi connectivity index (χ3n) is 3.72. The van der Waals surface area contributed by atoms with Gasteiger partial charge in [0.05, 0.1) is 11.4 Å². The number of aromatic nitrogens is 2. The van der Waals surface area contributed by atoms with Crippen LogP contribution >= 0.6 is 0 Å². The average Bonchev–Trinajstić information content (AvgIpc) is 3.09. The molecule has 0 atom stereocenters. The van der Waals surface area contributed by atoms with Gasteiger partial charge in [0, 0.05) is 35.8 Å². The maximum atomic E-state index is 4.89. The highest BCUT2D eigenvalue weighted by atomic mass is 15.0. The summed E-state index contributed by atoms with van der Waals surface area (Å²) in [6, 6.07) is 24.5. The van der Waals surface area contributed by atoms with Crippen molar-refractivity contribution in [3.63, 3.8) is 0 Å². The molecule has 0 bridgehead atoms. The molecule has 110 valence electrons. The van der Waals surface area contributed by atoms with Crippen molar-refractivity contribution >= 4 is 17.0 Å². The van der Waals surface area contributed by atoms with Crippen molar-refractivity contribution < 1.29 is 0 Å². The molecule has 2 aromatic carbocycles. The topological polar surface area (TPSA) is 29.7 Å². The van der Waals surface area contributed by atoms with Crippen molar-refractivity contribution in [1.29, 1.82) is 0 Å². The first-order valence-electron chi connectivity index (χ1n) is 7.52. The molecule has 0 aliphatic heterocycles. The zero-order chi connectivity index (χ0) is 15.5. The highest BCUT2D eigenvalue weighted by Crippen LogP contribution is 2.19. The van der Waals surface area contributed by atoms with Crippen LogP contribution in [0.15, 0.2) is 96.4 Å². The summed E-state index contributed by atoms with van der Waals surface area (Å²) in [7, 11) is 0. The zero-order valence-corrected chi connectivity index (χ0v) is 12.5. The van der Waals surface area contributed by atoms with Gasteiger partial charge in [0.25, 0.3) is 0 Å². The summed E-state index contributed by atoms with van der Waals surface area (Å²) < 4.78 is 1.98. The van der Waals surface area contributed by atoms with Crippen LogP contribution in [-0.4, -0.2) is 15.1 Å². The Balaban J connectivity index is 1.87. The molecule has 0 fully saturated rings. The van der Waals surface area contributed by atoms with Crippen molar-refractivity contribution in [2.75, 3.05) is 0 Å². The molecule has 0 aliphatic carbocycles. The Morgan fingerprint density at radius 1 is 0.783 bits per heavy atom. The monoisotopic (exact) mass is 297 g/mol. The van der Waals surface area contributed by atoms with E-state index in [-0.39, 0.29) is 0 Å². The fourth-order valence-electron chi connectivity index (χ4n) is 2.59. The fraction of sp³-hybridized carbons (Fsp3) is 0. The average molecular weight is 297 g/mol. The number of benzene rings is 2. The quantitative estimate of drug-likeness (QED) is 0.512. The summed E-state index contributed by atoms with van der Waals surface area (Å²) in [5.41, 5.74) is 4.95. The Morgan fingerprint density at radius 2 is 1.43 bits per heavy atom. The third-order valence-corrected chi connectivity index (χ3v) is 3.72. The lowest BCUT2D eigenvalue weighted by molar-refractivity contribution is 1.18. The lowest BCUT2D eigenvalue weighted by Crippen LogP contribution is -2.02. The van der Waals surface area contributed by atoms with Crippen LogP contribution in [-0.2, 0) is 0 Å². The lowest BCUT2D eigenvalue weighted by atomic mass is 10.0. The molecule has 3 heteroatoms. The van der Waals surface area contributed by atoms with Crippen LogP contribution in [0.3, 0.4) is 0 Å². The fourth-order valence-corrected chi connectivity index (χ4v) is 2.59.